The van der Waals surface area contributed by atoms with E-state index >= 15 is 0 Å². The van der Waals surface area contributed by atoms with Crippen LogP contribution in [0.15, 0.2) is 18.2 Å². The summed E-state index contributed by atoms with van der Waals surface area (Å²) in [7, 11) is 0. The van der Waals surface area contributed by atoms with Crippen molar-refractivity contribution in [1.82, 2.24) is 4.90 Å². The molecule has 1 aliphatic heterocycles. The molecule has 0 bridgehead atoms. The highest BCUT2D eigenvalue weighted by atomic mass is 32.2. The van der Waals surface area contributed by atoms with Gasteiger partial charge in [-0.15, -0.1) is 0 Å². The van der Waals surface area contributed by atoms with Crippen molar-refractivity contribution >= 4 is 11.8 Å². The summed E-state index contributed by atoms with van der Waals surface area (Å²) in [5.41, 5.74) is 1.39. The molecular weight excluding hydrogens is 285 g/mol. The fraction of sp³-hybridized carbons (Fsp3) is 0.529. The fourth-order valence-electron chi connectivity index (χ4n) is 2.46. The fourth-order valence-corrected chi connectivity index (χ4v) is 3.64. The average molecular weight is 307 g/mol. The Hall–Kier alpha value is -1.02. The smallest absolute Gasteiger partial charge is 0.128 e. The third-order valence-corrected chi connectivity index (χ3v) is 4.72. The number of nitrogens with zero attached hydrogens (tertiary/aromatic N) is 1. The number of aliphatic hydroxyl groups excluding tert-OH is 1. The number of hydrogen-bond acceptors (Lipinski definition) is 3. The molecule has 1 aromatic carbocycles. The molecule has 1 aromatic rings. The van der Waals surface area contributed by atoms with E-state index in [2.05, 4.69) is 30.6 Å². The Labute approximate surface area is 130 Å². The summed E-state index contributed by atoms with van der Waals surface area (Å²) in [6.45, 7) is 7.15. The van der Waals surface area contributed by atoms with Crippen molar-refractivity contribution < 1.29 is 9.50 Å². The van der Waals surface area contributed by atoms with Crippen molar-refractivity contribution in [2.45, 2.75) is 31.6 Å². The van der Waals surface area contributed by atoms with Crippen molar-refractivity contribution in [3.8, 4) is 11.8 Å². The van der Waals surface area contributed by atoms with Crippen LogP contribution in [0.3, 0.4) is 0 Å². The van der Waals surface area contributed by atoms with Crippen LogP contribution in [0.1, 0.15) is 31.4 Å². The van der Waals surface area contributed by atoms with Crippen LogP contribution in [0.25, 0.3) is 0 Å². The Morgan fingerprint density at radius 3 is 2.90 bits per heavy atom. The van der Waals surface area contributed by atoms with Crippen LogP contribution in [-0.4, -0.2) is 40.2 Å². The number of aliphatic hydroxyl groups is 1. The van der Waals surface area contributed by atoms with Crippen molar-refractivity contribution in [1.29, 1.82) is 0 Å². The third kappa shape index (κ3) is 5.03. The van der Waals surface area contributed by atoms with Crippen LogP contribution < -0.4 is 0 Å². The SMILES string of the molecule is CC1(C)CN(Cc2ccc(C#CCCO)cc2F)CCS1. The van der Waals surface area contributed by atoms with Gasteiger partial charge in [0, 0.05) is 47.7 Å². The van der Waals surface area contributed by atoms with E-state index in [1.165, 1.54) is 6.07 Å². The Morgan fingerprint density at radius 2 is 2.24 bits per heavy atom. The molecule has 1 fully saturated rings. The Balaban J connectivity index is 2.03. The van der Waals surface area contributed by atoms with Gasteiger partial charge in [-0.1, -0.05) is 17.9 Å². The molecule has 0 unspecified atom stereocenters. The van der Waals surface area contributed by atoms with E-state index in [9.17, 15) is 4.39 Å². The average Bonchev–Trinajstić information content (AvgIpc) is 2.41. The van der Waals surface area contributed by atoms with E-state index in [0.29, 0.717) is 18.5 Å². The lowest BCUT2D eigenvalue weighted by molar-refractivity contribution is 0.249. The molecule has 0 aliphatic carbocycles. The summed E-state index contributed by atoms with van der Waals surface area (Å²) < 4.78 is 14.4. The molecule has 0 amide bonds. The summed E-state index contributed by atoms with van der Waals surface area (Å²) in [4.78, 5) is 2.31. The number of thioether (sulfide) groups is 1. The van der Waals surface area contributed by atoms with E-state index in [0.717, 1.165) is 24.4 Å². The first-order chi connectivity index (χ1) is 10.00. The predicted molar refractivity (Wildman–Crippen MR) is 86.8 cm³/mol. The zero-order chi connectivity index (χ0) is 15.3. The van der Waals surface area contributed by atoms with Crippen LogP contribution in [0, 0.1) is 17.7 Å². The van der Waals surface area contributed by atoms with Crippen molar-refractivity contribution in [3.63, 3.8) is 0 Å². The van der Waals surface area contributed by atoms with Crippen LogP contribution in [0.5, 0.6) is 0 Å². The van der Waals surface area contributed by atoms with Gasteiger partial charge < -0.3 is 5.11 Å². The second kappa shape index (κ2) is 7.31. The molecule has 1 N–H and O–H groups in total. The van der Waals surface area contributed by atoms with E-state index in [-0.39, 0.29) is 17.2 Å². The largest absolute Gasteiger partial charge is 0.395 e. The molecule has 2 rings (SSSR count). The van der Waals surface area contributed by atoms with Gasteiger partial charge in [-0.25, -0.2) is 4.39 Å². The number of halogens is 1. The van der Waals surface area contributed by atoms with Gasteiger partial charge in [0.2, 0.25) is 0 Å². The molecule has 0 radical (unpaired) electrons. The summed E-state index contributed by atoms with van der Waals surface area (Å²) >= 11 is 1.98. The minimum atomic E-state index is -0.193. The molecule has 4 heteroatoms. The Bertz CT molecular complexity index is 547. The first-order valence-electron chi connectivity index (χ1n) is 7.25. The van der Waals surface area contributed by atoms with Crippen LogP contribution in [0.2, 0.25) is 0 Å². The maximum atomic E-state index is 14.2. The normalized spacial score (nSPS) is 18.1. The van der Waals surface area contributed by atoms with Gasteiger partial charge >= 0.3 is 0 Å². The van der Waals surface area contributed by atoms with Crippen LogP contribution in [0.4, 0.5) is 4.39 Å². The van der Waals surface area contributed by atoms with Crippen LogP contribution in [-0.2, 0) is 6.54 Å². The van der Waals surface area contributed by atoms with E-state index < -0.39 is 0 Å². The molecule has 114 valence electrons. The van der Waals surface area contributed by atoms with Gasteiger partial charge in [-0.05, 0) is 26.0 Å². The van der Waals surface area contributed by atoms with Crippen molar-refractivity contribution in [3.05, 3.63) is 35.1 Å². The summed E-state index contributed by atoms with van der Waals surface area (Å²) in [6, 6.07) is 5.17. The highest BCUT2D eigenvalue weighted by Gasteiger charge is 2.27. The highest BCUT2D eigenvalue weighted by molar-refractivity contribution is 8.00. The molecule has 0 atom stereocenters. The van der Waals surface area contributed by atoms with Gasteiger partial charge in [0.15, 0.2) is 0 Å². The summed E-state index contributed by atoms with van der Waals surface area (Å²) in [5.74, 6) is 6.58. The van der Waals surface area contributed by atoms with E-state index in [1.807, 2.05) is 23.9 Å². The minimum Gasteiger partial charge on any atom is -0.395 e. The first-order valence-corrected chi connectivity index (χ1v) is 8.23. The lowest BCUT2D eigenvalue weighted by atomic mass is 10.1. The zero-order valence-electron chi connectivity index (χ0n) is 12.7. The number of hydrogen-bond donors (Lipinski definition) is 1. The monoisotopic (exact) mass is 307 g/mol. The van der Waals surface area contributed by atoms with Crippen LogP contribution >= 0.6 is 11.8 Å². The summed E-state index contributed by atoms with van der Waals surface area (Å²) in [5, 5.41) is 8.68. The molecule has 1 heterocycles. The molecular formula is C17H22FNOS. The van der Waals surface area contributed by atoms with Gasteiger partial charge in [-0.3, -0.25) is 4.90 Å². The molecule has 2 nitrogen and oxygen atoms in total. The standard InChI is InChI=1S/C17H22FNOS/c1-17(2)13-19(8-10-21-17)12-15-7-6-14(11-16(15)18)5-3-4-9-20/h6-7,11,20H,4,8-10,12-13H2,1-2H3. The third-order valence-electron chi connectivity index (χ3n) is 3.42. The van der Waals surface area contributed by atoms with Crippen molar-refractivity contribution in [2.24, 2.45) is 0 Å². The molecule has 0 aromatic heterocycles. The second-order valence-corrected chi connectivity index (χ2v) is 7.70. The molecule has 0 saturated carbocycles. The first kappa shape index (κ1) is 16.4. The quantitative estimate of drug-likeness (QED) is 0.869. The number of rotatable bonds is 3. The van der Waals surface area contributed by atoms with Gasteiger partial charge in [0.05, 0.1) is 6.61 Å². The summed E-state index contributed by atoms with van der Waals surface area (Å²) in [6.07, 6.45) is 0.421. The van der Waals surface area contributed by atoms with Gasteiger partial charge in [0.1, 0.15) is 5.82 Å². The molecule has 21 heavy (non-hydrogen) atoms. The Kier molecular flexibility index (Phi) is 5.69. The van der Waals surface area contributed by atoms with Gasteiger partial charge in [0.25, 0.3) is 0 Å². The van der Waals surface area contributed by atoms with Crippen molar-refractivity contribution in [2.75, 3.05) is 25.4 Å². The molecule has 1 aliphatic rings. The highest BCUT2D eigenvalue weighted by Crippen LogP contribution is 2.30. The topological polar surface area (TPSA) is 23.5 Å². The Morgan fingerprint density at radius 1 is 1.43 bits per heavy atom. The van der Waals surface area contributed by atoms with Gasteiger partial charge in [-0.2, -0.15) is 11.8 Å². The lowest BCUT2D eigenvalue weighted by Crippen LogP contribution is -2.42. The maximum Gasteiger partial charge on any atom is 0.128 e. The molecule has 1 saturated heterocycles. The predicted octanol–water partition coefficient (Wildman–Crippen LogP) is 2.89. The van der Waals surface area contributed by atoms with E-state index in [4.69, 9.17) is 5.11 Å². The second-order valence-electron chi connectivity index (χ2n) is 5.90. The van der Waals surface area contributed by atoms with E-state index in [1.54, 1.807) is 0 Å². The maximum absolute atomic E-state index is 14.2. The lowest BCUT2D eigenvalue weighted by Gasteiger charge is -2.37. The number of benzene rings is 1. The minimum absolute atomic E-state index is 0.0380. The molecule has 0 spiro atoms. The zero-order valence-corrected chi connectivity index (χ0v) is 13.5.